The standard InChI is InChI=1S/C26H21N3O6S2/c1-33-17-11-10-16(13-19(17)34-2)21-20(22(30)18-9-6-12-35-18)23(31)24(32)29(21)25-27-28-26(37-25)36-14-15-7-4-3-5-8-15/h3-13,21,31H,14H2,1-2H3. The quantitative estimate of drug-likeness (QED) is 0.175. The van der Waals surface area contributed by atoms with E-state index in [2.05, 4.69) is 10.2 Å². The minimum Gasteiger partial charge on any atom is -0.503 e. The molecular formula is C26H21N3O6S2. The minimum atomic E-state index is -0.996. The van der Waals surface area contributed by atoms with Crippen molar-refractivity contribution in [1.82, 2.24) is 10.2 Å². The number of Topliss-reactive ketones (excluding diaryl/α,β-unsaturated/α-hetero) is 1. The van der Waals surface area contributed by atoms with Gasteiger partial charge in [0.15, 0.2) is 27.4 Å². The summed E-state index contributed by atoms with van der Waals surface area (Å²) in [5, 5.41) is 19.6. The predicted molar refractivity (Wildman–Crippen MR) is 138 cm³/mol. The predicted octanol–water partition coefficient (Wildman–Crippen LogP) is 5.22. The van der Waals surface area contributed by atoms with Gasteiger partial charge >= 0.3 is 0 Å². The Kier molecular flexibility index (Phi) is 6.97. The zero-order chi connectivity index (χ0) is 25.9. The molecule has 0 fully saturated rings. The molecule has 1 N–H and O–H groups in total. The van der Waals surface area contributed by atoms with Crippen molar-refractivity contribution in [1.29, 1.82) is 0 Å². The van der Waals surface area contributed by atoms with Crippen molar-refractivity contribution in [3.05, 3.63) is 95.1 Å². The van der Waals surface area contributed by atoms with Gasteiger partial charge in [0.1, 0.15) is 0 Å². The molecular weight excluding hydrogens is 514 g/mol. The number of carbonyl (C=O) groups excluding carboxylic acids is 2. The van der Waals surface area contributed by atoms with E-state index in [1.54, 1.807) is 24.3 Å². The van der Waals surface area contributed by atoms with Crippen LogP contribution in [0.2, 0.25) is 0 Å². The van der Waals surface area contributed by atoms with Gasteiger partial charge in [-0.05, 0) is 35.4 Å². The normalized spacial score (nSPS) is 15.4. The van der Waals surface area contributed by atoms with Crippen LogP contribution in [0, 0.1) is 0 Å². The third kappa shape index (κ3) is 4.70. The Morgan fingerprint density at radius 1 is 1.08 bits per heavy atom. The van der Waals surface area contributed by atoms with Crippen molar-refractivity contribution >= 4 is 39.9 Å². The third-order valence-corrected chi connectivity index (χ3v) is 7.86. The Morgan fingerprint density at radius 3 is 2.57 bits per heavy atom. The van der Waals surface area contributed by atoms with Crippen molar-refractivity contribution < 1.29 is 28.6 Å². The van der Waals surface area contributed by atoms with E-state index in [1.807, 2.05) is 30.3 Å². The number of hydrogen-bond donors (Lipinski definition) is 1. The lowest BCUT2D eigenvalue weighted by Gasteiger charge is -2.24. The SMILES string of the molecule is COc1ccc(C2C(C(=O)c3ccco3)=C(O)C(=O)N2c2nnc(SCc3ccccc3)s2)cc1OC. The van der Waals surface area contributed by atoms with Crippen LogP contribution in [0.25, 0.3) is 0 Å². The fourth-order valence-electron chi connectivity index (χ4n) is 3.99. The molecule has 1 atom stereocenters. The van der Waals surface area contributed by atoms with Crippen molar-refractivity contribution in [2.75, 3.05) is 19.1 Å². The second-order valence-electron chi connectivity index (χ2n) is 7.89. The molecule has 2 aromatic carbocycles. The summed E-state index contributed by atoms with van der Waals surface area (Å²) >= 11 is 2.68. The Balaban J connectivity index is 1.54. The van der Waals surface area contributed by atoms with E-state index < -0.39 is 23.5 Å². The first-order chi connectivity index (χ1) is 18.0. The van der Waals surface area contributed by atoms with E-state index in [0.717, 1.165) is 5.56 Å². The maximum Gasteiger partial charge on any atom is 0.296 e. The number of ether oxygens (including phenoxy) is 2. The van der Waals surface area contributed by atoms with Crippen molar-refractivity contribution in [3.63, 3.8) is 0 Å². The maximum absolute atomic E-state index is 13.4. The first-order valence-corrected chi connectivity index (χ1v) is 12.9. The molecule has 1 amide bonds. The topological polar surface area (TPSA) is 115 Å². The lowest BCUT2D eigenvalue weighted by atomic mass is 9.95. The number of ketones is 1. The number of anilines is 1. The maximum atomic E-state index is 13.4. The molecule has 2 aromatic heterocycles. The highest BCUT2D eigenvalue weighted by molar-refractivity contribution is 8.00. The number of rotatable bonds is 9. The van der Waals surface area contributed by atoms with Gasteiger partial charge in [-0.3, -0.25) is 14.5 Å². The Morgan fingerprint density at radius 2 is 1.86 bits per heavy atom. The van der Waals surface area contributed by atoms with Gasteiger partial charge in [0, 0.05) is 5.75 Å². The molecule has 9 nitrogen and oxygen atoms in total. The molecule has 4 aromatic rings. The number of benzene rings is 2. The molecule has 0 bridgehead atoms. The summed E-state index contributed by atoms with van der Waals surface area (Å²) in [6.07, 6.45) is 1.35. The lowest BCUT2D eigenvalue weighted by molar-refractivity contribution is -0.117. The number of amides is 1. The van der Waals surface area contributed by atoms with Crippen LogP contribution in [0.15, 0.2) is 87.0 Å². The number of aliphatic hydroxyl groups excluding tert-OH is 1. The van der Waals surface area contributed by atoms with E-state index in [0.29, 0.717) is 27.2 Å². The summed E-state index contributed by atoms with van der Waals surface area (Å²) in [4.78, 5) is 28.0. The molecule has 0 saturated heterocycles. The highest BCUT2D eigenvalue weighted by Crippen LogP contribution is 2.45. The number of aromatic nitrogens is 2. The third-order valence-electron chi connectivity index (χ3n) is 5.73. The fraction of sp³-hybridized carbons (Fsp3) is 0.154. The van der Waals surface area contributed by atoms with Gasteiger partial charge in [0.05, 0.1) is 32.1 Å². The number of furan rings is 1. The molecule has 37 heavy (non-hydrogen) atoms. The summed E-state index contributed by atoms with van der Waals surface area (Å²) in [6.45, 7) is 0. The molecule has 5 rings (SSSR count). The average molecular weight is 536 g/mol. The van der Waals surface area contributed by atoms with Crippen LogP contribution in [-0.4, -0.2) is 41.2 Å². The van der Waals surface area contributed by atoms with Crippen LogP contribution in [0.5, 0.6) is 11.5 Å². The minimum absolute atomic E-state index is 0.00181. The van der Waals surface area contributed by atoms with Gasteiger partial charge in [-0.1, -0.05) is 59.5 Å². The molecule has 11 heteroatoms. The van der Waals surface area contributed by atoms with Gasteiger partial charge in [-0.15, -0.1) is 10.2 Å². The molecule has 0 aliphatic carbocycles. The number of carbonyl (C=O) groups is 2. The van der Waals surface area contributed by atoms with E-state index in [-0.39, 0.29) is 16.5 Å². The van der Waals surface area contributed by atoms with Crippen molar-refractivity contribution in [2.24, 2.45) is 0 Å². The summed E-state index contributed by atoms with van der Waals surface area (Å²) < 4.78 is 16.7. The van der Waals surface area contributed by atoms with Gasteiger partial charge < -0.3 is 19.0 Å². The van der Waals surface area contributed by atoms with Crippen LogP contribution in [-0.2, 0) is 10.5 Å². The fourth-order valence-corrected chi connectivity index (χ4v) is 5.81. The number of thioether (sulfide) groups is 1. The van der Waals surface area contributed by atoms with Crippen LogP contribution < -0.4 is 14.4 Å². The van der Waals surface area contributed by atoms with E-state index in [4.69, 9.17) is 13.9 Å². The van der Waals surface area contributed by atoms with E-state index >= 15 is 0 Å². The molecule has 1 unspecified atom stereocenters. The highest BCUT2D eigenvalue weighted by Gasteiger charge is 2.47. The summed E-state index contributed by atoms with van der Waals surface area (Å²) in [5.74, 6) is -0.488. The van der Waals surface area contributed by atoms with Crippen LogP contribution in [0.1, 0.15) is 27.7 Å². The van der Waals surface area contributed by atoms with Crippen LogP contribution >= 0.6 is 23.1 Å². The number of methoxy groups -OCH3 is 2. The monoisotopic (exact) mass is 535 g/mol. The highest BCUT2D eigenvalue weighted by atomic mass is 32.2. The second-order valence-corrected chi connectivity index (χ2v) is 10.1. The Hall–Kier alpha value is -4.09. The number of hydrogen-bond acceptors (Lipinski definition) is 10. The molecule has 188 valence electrons. The van der Waals surface area contributed by atoms with Crippen LogP contribution in [0.4, 0.5) is 5.13 Å². The number of nitrogens with zero attached hydrogens (tertiary/aromatic N) is 3. The number of aliphatic hydroxyl groups is 1. The van der Waals surface area contributed by atoms with Crippen molar-refractivity contribution in [2.45, 2.75) is 16.1 Å². The molecule has 1 aliphatic rings. The Bertz CT molecular complexity index is 1470. The Labute approximate surface area is 220 Å². The largest absolute Gasteiger partial charge is 0.503 e. The second kappa shape index (κ2) is 10.5. The van der Waals surface area contributed by atoms with Gasteiger partial charge in [0.2, 0.25) is 10.9 Å². The molecule has 1 aliphatic heterocycles. The van der Waals surface area contributed by atoms with Crippen LogP contribution in [0.3, 0.4) is 0 Å². The zero-order valence-corrected chi connectivity index (χ0v) is 21.4. The first-order valence-electron chi connectivity index (χ1n) is 11.1. The van der Waals surface area contributed by atoms with Gasteiger partial charge in [0.25, 0.3) is 5.91 Å². The summed E-state index contributed by atoms with van der Waals surface area (Å²) in [7, 11) is 3.00. The average Bonchev–Trinajstić information content (AvgIpc) is 3.68. The van der Waals surface area contributed by atoms with E-state index in [9.17, 15) is 14.7 Å². The summed E-state index contributed by atoms with van der Waals surface area (Å²) in [5.41, 5.74) is 1.51. The van der Waals surface area contributed by atoms with Crippen molar-refractivity contribution in [3.8, 4) is 11.5 Å². The molecule has 3 heterocycles. The lowest BCUT2D eigenvalue weighted by Crippen LogP contribution is -2.31. The molecule has 0 radical (unpaired) electrons. The molecule has 0 spiro atoms. The zero-order valence-electron chi connectivity index (χ0n) is 19.8. The van der Waals surface area contributed by atoms with Gasteiger partial charge in [-0.2, -0.15) is 0 Å². The summed E-state index contributed by atoms with van der Waals surface area (Å²) in [6, 6.07) is 17.0. The first kappa shape index (κ1) is 24.6. The smallest absolute Gasteiger partial charge is 0.296 e. The molecule has 0 saturated carbocycles. The van der Waals surface area contributed by atoms with E-state index in [1.165, 1.54) is 54.5 Å². The van der Waals surface area contributed by atoms with Gasteiger partial charge in [-0.25, -0.2) is 0 Å².